The second kappa shape index (κ2) is 4.69. The van der Waals surface area contributed by atoms with Gasteiger partial charge >= 0.3 is 0 Å². The summed E-state index contributed by atoms with van der Waals surface area (Å²) in [7, 11) is 0. The molecule has 2 heteroatoms. The summed E-state index contributed by atoms with van der Waals surface area (Å²) in [5.74, 6) is -0.858. The minimum atomic E-state index is -0.858. The van der Waals surface area contributed by atoms with Crippen LogP contribution in [0.3, 0.4) is 0 Å². The summed E-state index contributed by atoms with van der Waals surface area (Å²) in [6, 6.07) is 0. The third kappa shape index (κ3) is 3.18. The molecule has 0 saturated carbocycles. The van der Waals surface area contributed by atoms with E-state index in [0.717, 1.165) is 12.8 Å². The highest BCUT2D eigenvalue weighted by molar-refractivity contribution is 4.62. The quantitative estimate of drug-likeness (QED) is 0.600. The SMILES string of the molecule is CCCC(O)(CC)OCC. The number of hydrogen-bond donors (Lipinski definition) is 1. The van der Waals surface area contributed by atoms with Crippen molar-refractivity contribution < 1.29 is 9.84 Å². The second-order valence-corrected chi connectivity index (χ2v) is 2.48. The molecule has 0 amide bonds. The van der Waals surface area contributed by atoms with Crippen LogP contribution < -0.4 is 0 Å². The van der Waals surface area contributed by atoms with Gasteiger partial charge in [0.05, 0.1) is 0 Å². The van der Waals surface area contributed by atoms with E-state index in [1.165, 1.54) is 0 Å². The Labute approximate surface area is 63.2 Å². The topological polar surface area (TPSA) is 29.5 Å². The van der Waals surface area contributed by atoms with E-state index < -0.39 is 5.79 Å². The van der Waals surface area contributed by atoms with Gasteiger partial charge in [-0.05, 0) is 13.3 Å². The Morgan fingerprint density at radius 3 is 2.20 bits per heavy atom. The van der Waals surface area contributed by atoms with Gasteiger partial charge < -0.3 is 9.84 Å². The molecule has 0 bridgehead atoms. The Kier molecular flexibility index (Phi) is 4.65. The second-order valence-electron chi connectivity index (χ2n) is 2.48. The summed E-state index contributed by atoms with van der Waals surface area (Å²) in [6.07, 6.45) is 2.37. The molecule has 62 valence electrons. The maximum absolute atomic E-state index is 9.60. The van der Waals surface area contributed by atoms with Gasteiger partial charge in [0.15, 0.2) is 5.79 Å². The molecule has 0 saturated heterocycles. The van der Waals surface area contributed by atoms with Gasteiger partial charge in [-0.3, -0.25) is 0 Å². The van der Waals surface area contributed by atoms with E-state index in [0.29, 0.717) is 13.0 Å². The van der Waals surface area contributed by atoms with E-state index in [2.05, 4.69) is 0 Å². The molecule has 0 aromatic rings. The Hall–Kier alpha value is -0.0800. The smallest absolute Gasteiger partial charge is 0.165 e. The van der Waals surface area contributed by atoms with Crippen molar-refractivity contribution in [1.82, 2.24) is 0 Å². The van der Waals surface area contributed by atoms with Crippen LogP contribution in [0, 0.1) is 0 Å². The van der Waals surface area contributed by atoms with E-state index in [-0.39, 0.29) is 0 Å². The predicted molar refractivity (Wildman–Crippen MR) is 41.8 cm³/mol. The van der Waals surface area contributed by atoms with Crippen molar-refractivity contribution in [2.75, 3.05) is 6.61 Å². The highest BCUT2D eigenvalue weighted by atomic mass is 16.6. The molecule has 0 spiro atoms. The minimum absolute atomic E-state index is 0.588. The van der Waals surface area contributed by atoms with Crippen molar-refractivity contribution in [1.29, 1.82) is 0 Å². The third-order valence-corrected chi connectivity index (χ3v) is 1.61. The van der Waals surface area contributed by atoms with Gasteiger partial charge in [0.2, 0.25) is 0 Å². The summed E-state index contributed by atoms with van der Waals surface area (Å²) in [5.41, 5.74) is 0. The number of ether oxygens (including phenoxy) is 1. The van der Waals surface area contributed by atoms with Gasteiger partial charge in [-0.25, -0.2) is 0 Å². The molecule has 0 fully saturated rings. The van der Waals surface area contributed by atoms with E-state index >= 15 is 0 Å². The standard InChI is InChI=1S/C8H18O2/c1-4-7-8(9,5-2)10-6-3/h9H,4-7H2,1-3H3. The first kappa shape index (κ1) is 9.92. The molecule has 0 radical (unpaired) electrons. The van der Waals surface area contributed by atoms with Crippen LogP contribution in [0.15, 0.2) is 0 Å². The summed E-state index contributed by atoms with van der Waals surface area (Å²) in [4.78, 5) is 0. The molecule has 1 unspecified atom stereocenters. The number of rotatable bonds is 5. The molecule has 0 heterocycles. The first-order chi connectivity index (χ1) is 4.68. The largest absolute Gasteiger partial charge is 0.365 e. The minimum Gasteiger partial charge on any atom is -0.365 e. The van der Waals surface area contributed by atoms with E-state index in [9.17, 15) is 5.11 Å². The lowest BCUT2D eigenvalue weighted by molar-refractivity contribution is -0.206. The molecule has 0 aliphatic carbocycles. The number of aliphatic hydroxyl groups is 1. The molecular formula is C8H18O2. The maximum atomic E-state index is 9.60. The molecule has 1 N–H and O–H groups in total. The zero-order valence-corrected chi connectivity index (χ0v) is 7.18. The van der Waals surface area contributed by atoms with Gasteiger partial charge in [0.25, 0.3) is 0 Å². The summed E-state index contributed by atoms with van der Waals surface area (Å²) < 4.78 is 5.17. The lowest BCUT2D eigenvalue weighted by atomic mass is 10.1. The first-order valence-electron chi connectivity index (χ1n) is 4.04. The summed E-state index contributed by atoms with van der Waals surface area (Å²) in [6.45, 7) is 6.46. The molecule has 0 aliphatic heterocycles. The molecule has 2 nitrogen and oxygen atoms in total. The number of hydrogen-bond acceptors (Lipinski definition) is 2. The van der Waals surface area contributed by atoms with Crippen LogP contribution in [-0.2, 0) is 4.74 Å². The lowest BCUT2D eigenvalue weighted by Gasteiger charge is -2.25. The van der Waals surface area contributed by atoms with Crippen molar-refractivity contribution in [2.45, 2.75) is 45.8 Å². The van der Waals surface area contributed by atoms with E-state index in [4.69, 9.17) is 4.74 Å². The van der Waals surface area contributed by atoms with Crippen LogP contribution in [0.4, 0.5) is 0 Å². The Balaban J connectivity index is 3.69. The molecular weight excluding hydrogens is 128 g/mol. The van der Waals surface area contributed by atoms with E-state index in [1.807, 2.05) is 20.8 Å². The van der Waals surface area contributed by atoms with Crippen molar-refractivity contribution >= 4 is 0 Å². The molecule has 0 aromatic carbocycles. The fourth-order valence-electron chi connectivity index (χ4n) is 1.01. The van der Waals surface area contributed by atoms with Gasteiger partial charge in [0.1, 0.15) is 0 Å². The normalized spacial score (nSPS) is 16.8. The van der Waals surface area contributed by atoms with Crippen LogP contribution in [0.2, 0.25) is 0 Å². The van der Waals surface area contributed by atoms with Crippen LogP contribution in [0.25, 0.3) is 0 Å². The third-order valence-electron chi connectivity index (χ3n) is 1.61. The Morgan fingerprint density at radius 2 is 1.90 bits per heavy atom. The average Bonchev–Trinajstić information content (AvgIpc) is 1.89. The molecule has 0 aliphatic rings. The molecule has 0 rings (SSSR count). The van der Waals surface area contributed by atoms with Crippen LogP contribution >= 0.6 is 0 Å². The zero-order chi connectivity index (χ0) is 8.04. The van der Waals surface area contributed by atoms with Crippen molar-refractivity contribution in [3.05, 3.63) is 0 Å². The van der Waals surface area contributed by atoms with Gasteiger partial charge in [-0.2, -0.15) is 0 Å². The van der Waals surface area contributed by atoms with Crippen LogP contribution in [0.1, 0.15) is 40.0 Å². The first-order valence-corrected chi connectivity index (χ1v) is 4.04. The van der Waals surface area contributed by atoms with Crippen molar-refractivity contribution in [2.24, 2.45) is 0 Å². The van der Waals surface area contributed by atoms with Crippen molar-refractivity contribution in [3.8, 4) is 0 Å². The lowest BCUT2D eigenvalue weighted by Crippen LogP contribution is -2.31. The average molecular weight is 146 g/mol. The zero-order valence-electron chi connectivity index (χ0n) is 7.18. The highest BCUT2D eigenvalue weighted by Crippen LogP contribution is 2.17. The monoisotopic (exact) mass is 146 g/mol. The summed E-state index contributed by atoms with van der Waals surface area (Å²) in [5, 5.41) is 9.60. The Bertz CT molecular complexity index is 75.3. The van der Waals surface area contributed by atoms with Crippen molar-refractivity contribution in [3.63, 3.8) is 0 Å². The Morgan fingerprint density at radius 1 is 1.30 bits per heavy atom. The fourth-order valence-corrected chi connectivity index (χ4v) is 1.01. The molecule has 10 heavy (non-hydrogen) atoms. The maximum Gasteiger partial charge on any atom is 0.165 e. The molecule has 1 atom stereocenters. The molecule has 0 aromatic heterocycles. The predicted octanol–water partition coefficient (Wildman–Crippen LogP) is 1.92. The van der Waals surface area contributed by atoms with Gasteiger partial charge in [0, 0.05) is 13.0 Å². The van der Waals surface area contributed by atoms with Crippen LogP contribution in [0.5, 0.6) is 0 Å². The van der Waals surface area contributed by atoms with Crippen LogP contribution in [-0.4, -0.2) is 17.5 Å². The highest BCUT2D eigenvalue weighted by Gasteiger charge is 2.22. The van der Waals surface area contributed by atoms with E-state index in [1.54, 1.807) is 0 Å². The summed E-state index contributed by atoms with van der Waals surface area (Å²) >= 11 is 0. The van der Waals surface area contributed by atoms with Gasteiger partial charge in [-0.15, -0.1) is 0 Å². The fraction of sp³-hybridized carbons (Fsp3) is 1.00. The van der Waals surface area contributed by atoms with Gasteiger partial charge in [-0.1, -0.05) is 20.3 Å².